The van der Waals surface area contributed by atoms with Crippen LogP contribution in [0.15, 0.2) is 28.8 Å². The summed E-state index contributed by atoms with van der Waals surface area (Å²) in [5, 5.41) is 6.14. The molecule has 0 bridgehead atoms. The molecule has 0 spiro atoms. The molecule has 12 heteroatoms. The Balaban J connectivity index is 1.36. The second-order valence-electron chi connectivity index (χ2n) is 8.11. The van der Waals surface area contributed by atoms with E-state index in [1.807, 2.05) is 7.05 Å². The number of likely N-dealkylation sites (N-methyl/N-ethyl adjacent to an activating group) is 1. The minimum Gasteiger partial charge on any atom is -0.377 e. The molecule has 3 heterocycles. The molecule has 33 heavy (non-hydrogen) atoms. The van der Waals surface area contributed by atoms with Gasteiger partial charge in [0, 0.05) is 24.2 Å². The molecule has 2 aliphatic rings. The molecule has 9 nitrogen and oxygen atoms in total. The predicted octanol–water partition coefficient (Wildman–Crippen LogP) is 1.81. The number of carbonyl (C=O) groups excluding carboxylic acids is 2. The Morgan fingerprint density at radius 3 is 2.61 bits per heavy atom. The fraction of sp³-hybridized carbons (Fsp3) is 0.524. The van der Waals surface area contributed by atoms with Crippen LogP contribution in [0.25, 0.3) is 11.4 Å². The monoisotopic (exact) mass is 467 g/mol. The van der Waals surface area contributed by atoms with Crippen molar-refractivity contribution in [1.82, 2.24) is 25.3 Å². The summed E-state index contributed by atoms with van der Waals surface area (Å²) in [6, 6.07) is 5.38. The number of likely N-dealkylation sites (tertiary alicyclic amines) is 1. The first kappa shape index (κ1) is 23.2. The maximum absolute atomic E-state index is 13.0. The van der Waals surface area contributed by atoms with E-state index in [2.05, 4.69) is 24.9 Å². The largest absolute Gasteiger partial charge is 0.471 e. The van der Waals surface area contributed by atoms with Crippen LogP contribution in [-0.4, -0.2) is 83.7 Å². The number of benzene rings is 1. The van der Waals surface area contributed by atoms with Gasteiger partial charge in [-0.05, 0) is 38.6 Å². The first-order valence-corrected chi connectivity index (χ1v) is 10.6. The van der Waals surface area contributed by atoms with Crippen molar-refractivity contribution < 1.29 is 32.0 Å². The second-order valence-corrected chi connectivity index (χ2v) is 8.11. The van der Waals surface area contributed by atoms with Crippen molar-refractivity contribution in [2.75, 3.05) is 39.9 Å². The number of nitrogens with one attached hydrogen (secondary N) is 1. The zero-order valence-electron chi connectivity index (χ0n) is 18.0. The molecule has 4 rings (SSSR count). The third-order valence-electron chi connectivity index (χ3n) is 5.89. The molecule has 0 radical (unpaired) electrons. The van der Waals surface area contributed by atoms with Crippen molar-refractivity contribution >= 4 is 11.8 Å². The van der Waals surface area contributed by atoms with Gasteiger partial charge in [-0.1, -0.05) is 17.3 Å². The first-order chi connectivity index (χ1) is 15.7. The highest BCUT2D eigenvalue weighted by Gasteiger charge is 2.39. The predicted molar refractivity (Wildman–Crippen MR) is 109 cm³/mol. The van der Waals surface area contributed by atoms with Gasteiger partial charge in [-0.2, -0.15) is 18.2 Å². The van der Waals surface area contributed by atoms with E-state index in [4.69, 9.17) is 4.74 Å². The van der Waals surface area contributed by atoms with Crippen LogP contribution >= 0.6 is 0 Å². The lowest BCUT2D eigenvalue weighted by molar-refractivity contribution is -0.159. The topological polar surface area (TPSA) is 101 Å². The zero-order chi connectivity index (χ0) is 23.6. The number of aromatic nitrogens is 2. The van der Waals surface area contributed by atoms with Crippen molar-refractivity contribution in [1.29, 1.82) is 0 Å². The fourth-order valence-electron chi connectivity index (χ4n) is 4.07. The van der Waals surface area contributed by atoms with Gasteiger partial charge in [0.15, 0.2) is 0 Å². The van der Waals surface area contributed by atoms with E-state index in [1.54, 1.807) is 4.90 Å². The number of alkyl halides is 3. The van der Waals surface area contributed by atoms with E-state index in [0.717, 1.165) is 19.4 Å². The van der Waals surface area contributed by atoms with Gasteiger partial charge in [-0.25, -0.2) is 0 Å². The Labute approximate surface area is 187 Å². The quantitative estimate of drug-likeness (QED) is 0.716. The molecule has 2 aromatic rings. The summed E-state index contributed by atoms with van der Waals surface area (Å²) in [5.41, 5.74) is 0.590. The minimum atomic E-state index is -4.73. The van der Waals surface area contributed by atoms with Gasteiger partial charge >= 0.3 is 12.1 Å². The third kappa shape index (κ3) is 5.17. The van der Waals surface area contributed by atoms with E-state index in [0.29, 0.717) is 25.3 Å². The summed E-state index contributed by atoms with van der Waals surface area (Å²) in [7, 11) is 1.94. The van der Waals surface area contributed by atoms with Gasteiger partial charge in [-0.3, -0.25) is 14.5 Å². The Bertz CT molecular complexity index is 995. The number of carbonyl (C=O) groups is 2. The summed E-state index contributed by atoms with van der Waals surface area (Å²) in [5.74, 6) is -1.97. The average molecular weight is 467 g/mol. The fourth-order valence-corrected chi connectivity index (χ4v) is 4.07. The molecule has 2 aliphatic heterocycles. The molecule has 178 valence electrons. The summed E-state index contributed by atoms with van der Waals surface area (Å²) < 4.78 is 47.6. The van der Waals surface area contributed by atoms with Gasteiger partial charge < -0.3 is 19.5 Å². The highest BCUT2D eigenvalue weighted by Crippen LogP contribution is 2.29. The number of amides is 2. The third-order valence-corrected chi connectivity index (χ3v) is 5.89. The summed E-state index contributed by atoms with van der Waals surface area (Å²) in [6.45, 7) is 2.38. The number of morpholine rings is 1. The maximum Gasteiger partial charge on any atom is 0.471 e. The van der Waals surface area contributed by atoms with Crippen LogP contribution < -0.4 is 5.32 Å². The lowest BCUT2D eigenvalue weighted by atomic mass is 10.1. The molecule has 2 saturated heterocycles. The summed E-state index contributed by atoms with van der Waals surface area (Å²) >= 11 is 0. The van der Waals surface area contributed by atoms with Crippen molar-refractivity contribution in [3.63, 3.8) is 0 Å². The standard InChI is InChI=1S/C21H24F3N5O4/c1-28-8-2-3-16(28)19(31)29-9-10-32-12-15(29)11-25-18(30)14-6-4-13(5-7-14)17-26-20(33-27-17)21(22,23)24/h4-7,15-16H,2-3,8-12H2,1H3,(H,25,30)/t15-,16-/m0/s1. The number of hydrogen-bond acceptors (Lipinski definition) is 7. The summed E-state index contributed by atoms with van der Waals surface area (Å²) in [6.07, 6.45) is -2.92. The van der Waals surface area contributed by atoms with Gasteiger partial charge in [0.25, 0.3) is 5.91 Å². The van der Waals surface area contributed by atoms with Crippen LogP contribution in [0.5, 0.6) is 0 Å². The number of hydrogen-bond donors (Lipinski definition) is 1. The molecular formula is C21H24F3N5O4. The van der Waals surface area contributed by atoms with Crippen LogP contribution in [0.4, 0.5) is 13.2 Å². The van der Waals surface area contributed by atoms with Crippen LogP contribution in [0.2, 0.25) is 0 Å². The van der Waals surface area contributed by atoms with Crippen LogP contribution in [0.3, 0.4) is 0 Å². The second kappa shape index (κ2) is 9.48. The van der Waals surface area contributed by atoms with E-state index < -0.39 is 12.1 Å². The van der Waals surface area contributed by atoms with Crippen LogP contribution in [0, 0.1) is 0 Å². The van der Waals surface area contributed by atoms with Crippen LogP contribution in [-0.2, 0) is 15.7 Å². The number of nitrogens with zero attached hydrogens (tertiary/aromatic N) is 4. The lowest BCUT2D eigenvalue weighted by Gasteiger charge is -2.38. The van der Waals surface area contributed by atoms with Crippen molar-refractivity contribution in [2.45, 2.75) is 31.1 Å². The molecule has 2 amide bonds. The van der Waals surface area contributed by atoms with E-state index in [-0.39, 0.29) is 41.8 Å². The SMILES string of the molecule is CN1CCC[C@H]1C(=O)N1CCOC[C@@H]1CNC(=O)c1ccc(-c2noc(C(F)(F)F)n2)cc1. The highest BCUT2D eigenvalue weighted by molar-refractivity contribution is 5.94. The van der Waals surface area contributed by atoms with E-state index >= 15 is 0 Å². The Kier molecular flexibility index (Phi) is 6.66. The van der Waals surface area contributed by atoms with Crippen molar-refractivity contribution in [3.05, 3.63) is 35.7 Å². The molecular weight excluding hydrogens is 443 g/mol. The van der Waals surface area contributed by atoms with E-state index in [9.17, 15) is 22.8 Å². The van der Waals surface area contributed by atoms with Gasteiger partial charge in [-0.15, -0.1) is 0 Å². The zero-order valence-corrected chi connectivity index (χ0v) is 18.0. The minimum absolute atomic E-state index is 0.0558. The highest BCUT2D eigenvalue weighted by atomic mass is 19.4. The number of ether oxygens (including phenoxy) is 1. The number of halogens is 3. The first-order valence-electron chi connectivity index (χ1n) is 10.6. The lowest BCUT2D eigenvalue weighted by Crippen LogP contribution is -2.57. The molecule has 1 aromatic carbocycles. The van der Waals surface area contributed by atoms with Gasteiger partial charge in [0.1, 0.15) is 0 Å². The van der Waals surface area contributed by atoms with Crippen molar-refractivity contribution in [3.8, 4) is 11.4 Å². The molecule has 1 N–H and O–H groups in total. The molecule has 1 aromatic heterocycles. The Morgan fingerprint density at radius 2 is 1.97 bits per heavy atom. The molecule has 0 saturated carbocycles. The maximum atomic E-state index is 13.0. The molecule has 0 aliphatic carbocycles. The molecule has 2 atom stereocenters. The molecule has 0 unspecified atom stereocenters. The van der Waals surface area contributed by atoms with Gasteiger partial charge in [0.05, 0.1) is 25.3 Å². The molecule has 2 fully saturated rings. The average Bonchev–Trinajstić information content (AvgIpc) is 3.47. The van der Waals surface area contributed by atoms with Crippen LogP contribution in [0.1, 0.15) is 29.1 Å². The Hall–Kier alpha value is -2.99. The normalized spacial score (nSPS) is 21.9. The van der Waals surface area contributed by atoms with E-state index in [1.165, 1.54) is 24.3 Å². The number of rotatable bonds is 5. The Morgan fingerprint density at radius 1 is 1.21 bits per heavy atom. The van der Waals surface area contributed by atoms with Gasteiger partial charge in [0.2, 0.25) is 11.7 Å². The smallest absolute Gasteiger partial charge is 0.377 e. The summed E-state index contributed by atoms with van der Waals surface area (Å²) in [4.78, 5) is 32.8. The van der Waals surface area contributed by atoms with Crippen molar-refractivity contribution in [2.24, 2.45) is 0 Å².